The minimum atomic E-state index is 0.0518. The molecule has 3 rings (SSSR count). The first-order valence-electron chi connectivity index (χ1n) is 12.0. The number of hydrogen-bond acceptors (Lipinski definition) is 4. The van der Waals surface area contributed by atoms with Crippen LogP contribution >= 0.6 is 0 Å². The lowest BCUT2D eigenvalue weighted by atomic mass is 10.1. The predicted molar refractivity (Wildman–Crippen MR) is 118 cm³/mol. The lowest BCUT2D eigenvalue weighted by Crippen LogP contribution is -2.41. The van der Waals surface area contributed by atoms with E-state index in [0.29, 0.717) is 11.4 Å². The molecule has 0 unspecified atom stereocenters. The van der Waals surface area contributed by atoms with E-state index in [1.807, 2.05) is 24.3 Å². The maximum atomic E-state index is 8.23. The van der Waals surface area contributed by atoms with Gasteiger partial charge in [0.2, 0.25) is 0 Å². The van der Waals surface area contributed by atoms with Crippen molar-refractivity contribution < 1.29 is 18.4 Å². The molecule has 0 bridgehead atoms. The third-order valence-corrected chi connectivity index (χ3v) is 5.76. The SMILES string of the molecule is CCCCCCC[n+]1[n-]oc(=N)c1-c1cccc(-c2c(=N)o[n-][n+]2CCCCCCC)c1. The fourth-order valence-corrected chi connectivity index (χ4v) is 3.99. The number of rotatable bonds is 14. The minimum absolute atomic E-state index is 0.0518. The largest absolute Gasteiger partial charge is 0.486 e. The second-order valence-electron chi connectivity index (χ2n) is 8.36. The Morgan fingerprint density at radius 2 is 1.12 bits per heavy atom. The predicted octanol–water partition coefficient (Wildman–Crippen LogP) is 3.60. The van der Waals surface area contributed by atoms with Crippen molar-refractivity contribution in [1.82, 2.24) is 10.5 Å². The standard InChI is InChI=1S/C24H36N6O2/c1-3-5-7-9-11-16-29-21(23(25)31-27-29)19-14-13-15-20(18-19)22-24(26)32-28-30(22)17-12-10-8-6-4-2/h13-15,18,25-26H,3-12,16-17H2,1-2H3. The molecule has 174 valence electrons. The highest BCUT2D eigenvalue weighted by atomic mass is 16.5. The Hall–Kier alpha value is -2.90. The zero-order chi connectivity index (χ0) is 22.8. The van der Waals surface area contributed by atoms with E-state index in [1.165, 1.54) is 38.5 Å². The molecule has 0 atom stereocenters. The highest BCUT2D eigenvalue weighted by Gasteiger charge is 2.20. The molecule has 2 N–H and O–H groups in total. The van der Waals surface area contributed by atoms with Gasteiger partial charge >= 0.3 is 0 Å². The van der Waals surface area contributed by atoms with Crippen molar-refractivity contribution in [2.75, 3.05) is 0 Å². The monoisotopic (exact) mass is 440 g/mol. The Morgan fingerprint density at radius 1 is 0.688 bits per heavy atom. The average Bonchev–Trinajstić information content (AvgIpc) is 3.35. The van der Waals surface area contributed by atoms with E-state index >= 15 is 0 Å². The summed E-state index contributed by atoms with van der Waals surface area (Å²) in [7, 11) is 0. The zero-order valence-corrected chi connectivity index (χ0v) is 19.4. The highest BCUT2D eigenvalue weighted by molar-refractivity contribution is 5.65. The van der Waals surface area contributed by atoms with Gasteiger partial charge in [-0.15, -0.1) is 0 Å². The van der Waals surface area contributed by atoms with E-state index < -0.39 is 0 Å². The first-order valence-corrected chi connectivity index (χ1v) is 12.0. The van der Waals surface area contributed by atoms with Gasteiger partial charge in [0.05, 0.1) is 11.1 Å². The molecule has 0 aliphatic carbocycles. The van der Waals surface area contributed by atoms with Gasteiger partial charge in [-0.25, -0.2) is 9.36 Å². The van der Waals surface area contributed by atoms with E-state index in [0.717, 1.165) is 49.9 Å². The van der Waals surface area contributed by atoms with E-state index in [-0.39, 0.29) is 11.1 Å². The molecule has 32 heavy (non-hydrogen) atoms. The quantitative estimate of drug-likeness (QED) is 0.295. The van der Waals surface area contributed by atoms with Crippen LogP contribution in [0.25, 0.3) is 22.5 Å². The number of benzene rings is 1. The Morgan fingerprint density at radius 3 is 1.56 bits per heavy atom. The van der Waals surface area contributed by atoms with Crippen LogP contribution in [0.5, 0.6) is 0 Å². The van der Waals surface area contributed by atoms with Crippen molar-refractivity contribution in [2.24, 2.45) is 0 Å². The van der Waals surface area contributed by atoms with Crippen molar-refractivity contribution in [3.63, 3.8) is 0 Å². The molecule has 2 aromatic heterocycles. The smallest absolute Gasteiger partial charge is 0.273 e. The summed E-state index contributed by atoms with van der Waals surface area (Å²) < 4.78 is 14.0. The number of aryl methyl sites for hydroxylation is 2. The lowest BCUT2D eigenvalue weighted by Gasteiger charge is -2.05. The summed E-state index contributed by atoms with van der Waals surface area (Å²) in [5, 5.41) is 24.6. The summed E-state index contributed by atoms with van der Waals surface area (Å²) in [5.74, 6) is 0. The molecule has 0 saturated heterocycles. The van der Waals surface area contributed by atoms with E-state index in [1.54, 1.807) is 9.36 Å². The van der Waals surface area contributed by atoms with Gasteiger partial charge in [-0.1, -0.05) is 58.4 Å². The van der Waals surface area contributed by atoms with Crippen LogP contribution in [0.1, 0.15) is 78.1 Å². The van der Waals surface area contributed by atoms with Crippen molar-refractivity contribution in [1.29, 1.82) is 10.8 Å². The molecule has 3 aromatic rings. The van der Waals surface area contributed by atoms with Gasteiger partial charge in [-0.05, 0) is 31.0 Å². The first-order chi connectivity index (χ1) is 15.7. The first kappa shape index (κ1) is 23.8. The molecule has 2 heterocycles. The molecule has 1 aromatic carbocycles. The van der Waals surface area contributed by atoms with Crippen LogP contribution < -0.4 is 31.0 Å². The Kier molecular flexibility index (Phi) is 9.07. The third-order valence-electron chi connectivity index (χ3n) is 5.76. The number of nitrogens with zero attached hydrogens (tertiary/aromatic N) is 4. The van der Waals surface area contributed by atoms with Gasteiger partial charge in [0.25, 0.3) is 22.5 Å². The Bertz CT molecular complexity index is 993. The van der Waals surface area contributed by atoms with Crippen molar-refractivity contribution in [3.05, 3.63) is 35.4 Å². The fraction of sp³-hybridized carbons (Fsp3) is 0.583. The summed E-state index contributed by atoms with van der Waals surface area (Å²) in [6.07, 6.45) is 11.6. The molecular weight excluding hydrogens is 404 g/mol. The van der Waals surface area contributed by atoms with Crippen LogP contribution in [-0.2, 0) is 13.1 Å². The summed E-state index contributed by atoms with van der Waals surface area (Å²) in [6.45, 7) is 5.86. The lowest BCUT2D eigenvalue weighted by molar-refractivity contribution is -0.758. The molecule has 0 spiro atoms. The molecule has 0 fully saturated rings. The maximum absolute atomic E-state index is 8.23. The summed E-state index contributed by atoms with van der Waals surface area (Å²) in [4.78, 5) is 0. The number of hydrogen-bond donors (Lipinski definition) is 2. The Balaban J connectivity index is 1.79. The second kappa shape index (κ2) is 12.2. The van der Waals surface area contributed by atoms with Crippen molar-refractivity contribution in [2.45, 2.75) is 91.1 Å². The average molecular weight is 441 g/mol. The molecule has 0 aliphatic rings. The van der Waals surface area contributed by atoms with Gasteiger partial charge in [0.15, 0.2) is 0 Å². The fourth-order valence-electron chi connectivity index (χ4n) is 3.99. The summed E-state index contributed by atoms with van der Waals surface area (Å²) in [5.41, 5.74) is 3.12. The van der Waals surface area contributed by atoms with Crippen LogP contribution in [0.15, 0.2) is 33.3 Å². The maximum Gasteiger partial charge on any atom is 0.273 e. The Labute approximate surface area is 189 Å². The molecule has 0 saturated carbocycles. The highest BCUT2D eigenvalue weighted by Crippen LogP contribution is 2.19. The normalized spacial score (nSPS) is 11.3. The second-order valence-corrected chi connectivity index (χ2v) is 8.36. The summed E-state index contributed by atoms with van der Waals surface area (Å²) >= 11 is 0. The third kappa shape index (κ3) is 6.08. The van der Waals surface area contributed by atoms with E-state index in [2.05, 4.69) is 24.4 Å². The molecule has 0 aliphatic heterocycles. The molecule has 0 amide bonds. The van der Waals surface area contributed by atoms with Crippen LogP contribution in [0.3, 0.4) is 0 Å². The van der Waals surface area contributed by atoms with Crippen LogP contribution in [0.4, 0.5) is 0 Å². The van der Waals surface area contributed by atoms with Crippen molar-refractivity contribution in [3.8, 4) is 22.5 Å². The molecule has 8 nitrogen and oxygen atoms in total. The topological polar surface area (TPSA) is 110 Å². The van der Waals surface area contributed by atoms with Gasteiger partial charge in [0.1, 0.15) is 13.1 Å². The molecule has 0 radical (unpaired) electrons. The number of unbranched alkanes of at least 4 members (excludes halogenated alkanes) is 8. The van der Waals surface area contributed by atoms with Crippen molar-refractivity contribution >= 4 is 0 Å². The van der Waals surface area contributed by atoms with E-state index in [4.69, 9.17) is 19.9 Å². The van der Waals surface area contributed by atoms with Gasteiger partial charge in [-0.3, -0.25) is 21.4 Å². The van der Waals surface area contributed by atoms with E-state index in [9.17, 15) is 0 Å². The minimum Gasteiger partial charge on any atom is -0.486 e. The van der Waals surface area contributed by atoms with Crippen LogP contribution in [-0.4, -0.2) is 0 Å². The van der Waals surface area contributed by atoms with Crippen LogP contribution in [0, 0.1) is 10.8 Å². The van der Waals surface area contributed by atoms with Gasteiger partial charge < -0.3 is 9.05 Å². The number of aromatic nitrogens is 4. The molecular formula is C24H36N6O2. The van der Waals surface area contributed by atoms with Crippen LogP contribution in [0.2, 0.25) is 0 Å². The van der Waals surface area contributed by atoms with Gasteiger partial charge in [0, 0.05) is 12.8 Å². The number of nitrogens with one attached hydrogen (secondary N) is 2. The molecule has 8 heteroatoms. The van der Waals surface area contributed by atoms with Gasteiger partial charge in [-0.2, -0.15) is 0 Å². The zero-order valence-electron chi connectivity index (χ0n) is 19.4. The summed E-state index contributed by atoms with van der Waals surface area (Å²) in [6, 6.07) is 7.80.